The molecule has 0 spiro atoms. The van der Waals surface area contributed by atoms with Crippen LogP contribution in [0.3, 0.4) is 0 Å². The van der Waals surface area contributed by atoms with Gasteiger partial charge in [-0.15, -0.1) is 0 Å². The minimum atomic E-state index is 0.112. The zero-order valence-corrected chi connectivity index (χ0v) is 13.4. The van der Waals surface area contributed by atoms with Crippen LogP contribution in [-0.2, 0) is 9.53 Å². The van der Waals surface area contributed by atoms with Gasteiger partial charge in [-0.2, -0.15) is 0 Å². The third kappa shape index (κ3) is 3.25. The van der Waals surface area contributed by atoms with Crippen LogP contribution in [0.2, 0.25) is 0 Å². The summed E-state index contributed by atoms with van der Waals surface area (Å²) >= 11 is 0. The molecule has 5 nitrogen and oxygen atoms in total. The van der Waals surface area contributed by atoms with Gasteiger partial charge in [-0.1, -0.05) is 0 Å². The molecule has 3 aliphatic rings. The summed E-state index contributed by atoms with van der Waals surface area (Å²) in [5, 5.41) is 3.42. The molecule has 21 heavy (non-hydrogen) atoms. The number of likely N-dealkylation sites (tertiary alicyclic amines) is 1. The van der Waals surface area contributed by atoms with Gasteiger partial charge in [0.25, 0.3) is 0 Å². The van der Waals surface area contributed by atoms with Crippen LogP contribution in [0.25, 0.3) is 0 Å². The molecule has 0 bridgehead atoms. The predicted octanol–water partition coefficient (Wildman–Crippen LogP) is 0.839. The first-order valence-electron chi connectivity index (χ1n) is 8.55. The van der Waals surface area contributed by atoms with Gasteiger partial charge in [-0.05, 0) is 59.2 Å². The lowest BCUT2D eigenvalue weighted by Gasteiger charge is -2.41. The van der Waals surface area contributed by atoms with E-state index in [2.05, 4.69) is 29.0 Å². The van der Waals surface area contributed by atoms with Gasteiger partial charge in [0.1, 0.15) is 0 Å². The van der Waals surface area contributed by atoms with Crippen molar-refractivity contribution in [2.75, 3.05) is 32.8 Å². The smallest absolute Gasteiger partial charge is 0.240 e. The number of ether oxygens (including phenoxy) is 1. The molecule has 3 unspecified atom stereocenters. The molecular formula is C16H29N3O2. The van der Waals surface area contributed by atoms with E-state index in [4.69, 9.17) is 4.74 Å². The molecule has 3 heterocycles. The van der Waals surface area contributed by atoms with Gasteiger partial charge in [-0.25, -0.2) is 0 Å². The fourth-order valence-electron chi connectivity index (χ4n) is 4.03. The number of piperidine rings is 1. The molecule has 1 amide bonds. The molecule has 0 aliphatic carbocycles. The molecule has 0 saturated carbocycles. The van der Waals surface area contributed by atoms with Gasteiger partial charge in [0.15, 0.2) is 0 Å². The Bertz CT molecular complexity index is 371. The van der Waals surface area contributed by atoms with Crippen LogP contribution in [0.5, 0.6) is 0 Å². The van der Waals surface area contributed by atoms with Crippen LogP contribution < -0.4 is 5.32 Å². The van der Waals surface area contributed by atoms with Crippen molar-refractivity contribution in [1.82, 2.24) is 15.1 Å². The van der Waals surface area contributed by atoms with E-state index in [1.165, 1.54) is 12.8 Å². The quantitative estimate of drug-likeness (QED) is 0.820. The number of rotatable bonds is 2. The fraction of sp³-hybridized carbons (Fsp3) is 0.938. The van der Waals surface area contributed by atoms with Crippen LogP contribution in [0.4, 0.5) is 0 Å². The molecule has 0 aromatic carbocycles. The lowest BCUT2D eigenvalue weighted by Crippen LogP contribution is -2.57. The van der Waals surface area contributed by atoms with E-state index in [-0.39, 0.29) is 18.2 Å². The van der Waals surface area contributed by atoms with Crippen molar-refractivity contribution >= 4 is 5.91 Å². The number of nitrogens with one attached hydrogen (secondary N) is 1. The topological polar surface area (TPSA) is 44.8 Å². The summed E-state index contributed by atoms with van der Waals surface area (Å²) in [7, 11) is 0. The van der Waals surface area contributed by atoms with Crippen LogP contribution in [0.1, 0.15) is 39.5 Å². The zero-order valence-electron chi connectivity index (χ0n) is 13.4. The average molecular weight is 295 g/mol. The SMILES string of the molecule is CC1CN(C(=O)C2CCCN2C2CCNCC2)C(C)CO1. The Kier molecular flexibility index (Phi) is 4.82. The van der Waals surface area contributed by atoms with E-state index >= 15 is 0 Å². The van der Waals surface area contributed by atoms with Crippen molar-refractivity contribution in [3.63, 3.8) is 0 Å². The summed E-state index contributed by atoms with van der Waals surface area (Å²) in [6.07, 6.45) is 4.71. The monoisotopic (exact) mass is 295 g/mol. The fourth-order valence-corrected chi connectivity index (χ4v) is 4.03. The van der Waals surface area contributed by atoms with Gasteiger partial charge in [0.2, 0.25) is 5.91 Å². The van der Waals surface area contributed by atoms with Crippen LogP contribution in [0.15, 0.2) is 0 Å². The van der Waals surface area contributed by atoms with Crippen molar-refractivity contribution in [3.05, 3.63) is 0 Å². The largest absolute Gasteiger partial charge is 0.375 e. The molecule has 0 radical (unpaired) electrons. The summed E-state index contributed by atoms with van der Waals surface area (Å²) in [6.45, 7) is 8.86. The summed E-state index contributed by atoms with van der Waals surface area (Å²) in [5.41, 5.74) is 0. The third-order valence-electron chi connectivity index (χ3n) is 5.25. The number of carbonyl (C=O) groups is 1. The Labute approximate surface area is 128 Å². The second kappa shape index (κ2) is 6.63. The minimum absolute atomic E-state index is 0.112. The summed E-state index contributed by atoms with van der Waals surface area (Å²) < 4.78 is 5.66. The van der Waals surface area contributed by atoms with E-state index < -0.39 is 0 Å². The third-order valence-corrected chi connectivity index (χ3v) is 5.25. The number of amides is 1. The minimum Gasteiger partial charge on any atom is -0.375 e. The highest BCUT2D eigenvalue weighted by Gasteiger charge is 2.40. The molecule has 5 heteroatoms. The second-order valence-electron chi connectivity index (χ2n) is 6.86. The molecule has 0 aromatic rings. The summed E-state index contributed by atoms with van der Waals surface area (Å²) in [6, 6.07) is 0.918. The summed E-state index contributed by atoms with van der Waals surface area (Å²) in [4.78, 5) is 17.6. The van der Waals surface area contributed by atoms with Crippen molar-refractivity contribution < 1.29 is 9.53 Å². The lowest BCUT2D eigenvalue weighted by molar-refractivity contribution is -0.148. The van der Waals surface area contributed by atoms with Crippen LogP contribution in [-0.4, -0.2) is 72.7 Å². The Morgan fingerprint density at radius 2 is 1.95 bits per heavy atom. The van der Waals surface area contributed by atoms with Crippen LogP contribution >= 0.6 is 0 Å². The molecule has 3 atom stereocenters. The highest BCUT2D eigenvalue weighted by atomic mass is 16.5. The molecule has 1 N–H and O–H groups in total. The first-order valence-corrected chi connectivity index (χ1v) is 8.55. The van der Waals surface area contributed by atoms with Gasteiger partial charge in [0.05, 0.1) is 24.8 Å². The molecule has 3 fully saturated rings. The van der Waals surface area contributed by atoms with Crippen molar-refractivity contribution in [2.45, 2.75) is 63.8 Å². The average Bonchev–Trinajstić information content (AvgIpc) is 2.99. The first-order chi connectivity index (χ1) is 10.2. The van der Waals surface area contributed by atoms with Crippen molar-refractivity contribution in [2.24, 2.45) is 0 Å². The van der Waals surface area contributed by atoms with Gasteiger partial charge in [0, 0.05) is 12.6 Å². The van der Waals surface area contributed by atoms with Gasteiger partial charge < -0.3 is 15.0 Å². The lowest BCUT2D eigenvalue weighted by atomic mass is 10.0. The molecule has 120 valence electrons. The Balaban J connectivity index is 1.67. The Morgan fingerprint density at radius 3 is 2.71 bits per heavy atom. The van der Waals surface area contributed by atoms with Crippen molar-refractivity contribution in [3.8, 4) is 0 Å². The number of nitrogens with zero attached hydrogens (tertiary/aromatic N) is 2. The van der Waals surface area contributed by atoms with Crippen molar-refractivity contribution in [1.29, 1.82) is 0 Å². The molecular weight excluding hydrogens is 266 g/mol. The highest BCUT2D eigenvalue weighted by Crippen LogP contribution is 2.27. The van der Waals surface area contributed by atoms with E-state index in [1.54, 1.807) is 0 Å². The van der Waals surface area contributed by atoms with Gasteiger partial charge in [-0.3, -0.25) is 9.69 Å². The number of carbonyl (C=O) groups excluding carboxylic acids is 1. The zero-order chi connectivity index (χ0) is 14.8. The standard InChI is InChI=1S/C16H29N3O2/c1-12-11-21-13(2)10-19(12)16(20)15-4-3-9-18(15)14-5-7-17-8-6-14/h12-15,17H,3-11H2,1-2H3. The van der Waals surface area contributed by atoms with E-state index in [0.717, 1.165) is 39.0 Å². The number of hydrogen-bond acceptors (Lipinski definition) is 4. The first kappa shape index (κ1) is 15.3. The normalized spacial score (nSPS) is 36.1. The second-order valence-corrected chi connectivity index (χ2v) is 6.86. The number of morpholine rings is 1. The Morgan fingerprint density at radius 1 is 1.19 bits per heavy atom. The van der Waals surface area contributed by atoms with E-state index in [9.17, 15) is 4.79 Å². The maximum absolute atomic E-state index is 13.0. The van der Waals surface area contributed by atoms with E-state index in [0.29, 0.717) is 18.6 Å². The number of hydrogen-bond donors (Lipinski definition) is 1. The molecule has 3 aliphatic heterocycles. The predicted molar refractivity (Wildman–Crippen MR) is 82.2 cm³/mol. The van der Waals surface area contributed by atoms with Crippen LogP contribution in [0, 0.1) is 0 Å². The summed E-state index contributed by atoms with van der Waals surface area (Å²) in [5.74, 6) is 0.341. The molecule has 0 aromatic heterocycles. The highest BCUT2D eigenvalue weighted by molar-refractivity contribution is 5.82. The Hall–Kier alpha value is -0.650. The van der Waals surface area contributed by atoms with E-state index in [1.807, 2.05) is 0 Å². The maximum Gasteiger partial charge on any atom is 0.240 e. The molecule has 3 rings (SSSR count). The molecule has 3 saturated heterocycles. The maximum atomic E-state index is 13.0. The van der Waals surface area contributed by atoms with Gasteiger partial charge >= 0.3 is 0 Å².